The number of benzene rings is 2. The molecule has 11 heteroatoms. The first-order chi connectivity index (χ1) is 17.3. The third-order valence-electron chi connectivity index (χ3n) is 6.16. The molecule has 0 atom stereocenters. The van der Waals surface area contributed by atoms with E-state index in [-0.39, 0.29) is 17.1 Å². The highest BCUT2D eigenvalue weighted by atomic mass is 32.1. The van der Waals surface area contributed by atoms with Gasteiger partial charge in [-0.15, -0.1) is 11.3 Å². The molecule has 0 saturated carbocycles. The number of aryl methyl sites for hydroxylation is 1. The molecule has 5 nitrogen and oxygen atoms in total. The van der Waals surface area contributed by atoms with Crippen molar-refractivity contribution in [2.24, 2.45) is 0 Å². The van der Waals surface area contributed by atoms with E-state index >= 15 is 0 Å². The van der Waals surface area contributed by atoms with E-state index in [2.05, 4.69) is 10.5 Å². The third-order valence-corrected chi connectivity index (χ3v) is 7.53. The number of likely N-dealkylation sites (tertiary alicyclic amines) is 1. The van der Waals surface area contributed by atoms with Gasteiger partial charge in [0.25, 0.3) is 0 Å². The van der Waals surface area contributed by atoms with Crippen LogP contribution in [0, 0.1) is 30.2 Å². The summed E-state index contributed by atoms with van der Waals surface area (Å²) in [4.78, 5) is 6.59. The quantitative estimate of drug-likeness (QED) is 0.175. The number of hydrogen-bond donors (Lipinski definition) is 1. The highest BCUT2D eigenvalue weighted by molar-refractivity contribution is 7.80. The van der Waals surface area contributed by atoms with Crippen molar-refractivity contribution in [2.45, 2.75) is 25.7 Å². The summed E-state index contributed by atoms with van der Waals surface area (Å²) in [5, 5.41) is 9.52. The van der Waals surface area contributed by atoms with Crippen molar-refractivity contribution in [3.05, 3.63) is 75.8 Å². The maximum Gasteiger partial charge on any atom is 0.185 e. The molecule has 36 heavy (non-hydrogen) atoms. The van der Waals surface area contributed by atoms with E-state index in [1.165, 1.54) is 0 Å². The molecule has 0 amide bonds. The van der Waals surface area contributed by atoms with Crippen molar-refractivity contribution in [1.82, 2.24) is 15.0 Å². The van der Waals surface area contributed by atoms with Crippen molar-refractivity contribution in [3.8, 4) is 22.5 Å². The summed E-state index contributed by atoms with van der Waals surface area (Å²) in [6.07, 6.45) is 1.40. The van der Waals surface area contributed by atoms with Crippen molar-refractivity contribution in [3.63, 3.8) is 0 Å². The molecule has 0 spiro atoms. The molecule has 1 saturated heterocycles. The Labute approximate surface area is 213 Å². The molecule has 1 aliphatic heterocycles. The van der Waals surface area contributed by atoms with E-state index in [0.717, 1.165) is 27.5 Å². The number of nitrogens with one attached hydrogen (secondary N) is 1. The predicted molar refractivity (Wildman–Crippen MR) is 134 cm³/mol. The van der Waals surface area contributed by atoms with Gasteiger partial charge in [-0.25, -0.2) is 22.5 Å². The lowest BCUT2D eigenvalue weighted by Gasteiger charge is -2.33. The predicted octanol–water partition coefficient (Wildman–Crippen LogP) is 6.91. The molecule has 0 unspecified atom stereocenters. The van der Waals surface area contributed by atoms with Crippen LogP contribution in [0.15, 0.2) is 46.3 Å². The molecule has 0 radical (unpaired) electrons. The van der Waals surface area contributed by atoms with Crippen LogP contribution in [0.5, 0.6) is 0 Å². The smallest absolute Gasteiger partial charge is 0.185 e. The molecule has 0 aliphatic carbocycles. The maximum atomic E-state index is 14.0. The molecular formula is C25H20F4N4OS2. The monoisotopic (exact) mass is 532 g/mol. The molecule has 1 N–H and O–H groups in total. The van der Waals surface area contributed by atoms with Gasteiger partial charge in [0.15, 0.2) is 28.4 Å². The third kappa shape index (κ3) is 4.60. The van der Waals surface area contributed by atoms with Crippen LogP contribution in [-0.4, -0.2) is 33.2 Å². The largest absolute Gasteiger partial charge is 0.360 e. The average molecular weight is 533 g/mol. The van der Waals surface area contributed by atoms with E-state index in [1.807, 2.05) is 42.6 Å². The Morgan fingerprint density at radius 2 is 1.75 bits per heavy atom. The second kappa shape index (κ2) is 9.98. The van der Waals surface area contributed by atoms with Crippen LogP contribution >= 0.6 is 23.6 Å². The highest BCUT2D eigenvalue weighted by Gasteiger charge is 2.27. The normalized spacial score (nSPS) is 14.3. The van der Waals surface area contributed by atoms with E-state index in [0.29, 0.717) is 31.7 Å². The van der Waals surface area contributed by atoms with Crippen LogP contribution in [0.1, 0.15) is 29.5 Å². The minimum atomic E-state index is -1.51. The summed E-state index contributed by atoms with van der Waals surface area (Å²) in [5.74, 6) is -5.15. The van der Waals surface area contributed by atoms with E-state index < -0.39 is 29.0 Å². The van der Waals surface area contributed by atoms with Crippen molar-refractivity contribution >= 4 is 34.4 Å². The van der Waals surface area contributed by atoms with Gasteiger partial charge < -0.3 is 14.7 Å². The summed E-state index contributed by atoms with van der Waals surface area (Å²) >= 11 is 6.81. The van der Waals surface area contributed by atoms with Crippen LogP contribution in [0.3, 0.4) is 0 Å². The molecule has 0 bridgehead atoms. The summed E-state index contributed by atoms with van der Waals surface area (Å²) in [7, 11) is 0. The topological polar surface area (TPSA) is 54.2 Å². The Bertz CT molecular complexity index is 1390. The summed E-state index contributed by atoms with van der Waals surface area (Å²) in [5.41, 5.74) is 2.41. The first-order valence-electron chi connectivity index (χ1n) is 11.2. The van der Waals surface area contributed by atoms with Crippen molar-refractivity contribution in [1.29, 1.82) is 0 Å². The van der Waals surface area contributed by atoms with Crippen LogP contribution in [-0.2, 0) is 0 Å². The first kappa shape index (κ1) is 24.4. The lowest BCUT2D eigenvalue weighted by atomic mass is 9.97. The first-order valence-corrected chi connectivity index (χ1v) is 12.5. The summed E-state index contributed by atoms with van der Waals surface area (Å²) in [6.45, 7) is 2.85. The fourth-order valence-electron chi connectivity index (χ4n) is 4.26. The molecule has 1 aliphatic rings. The van der Waals surface area contributed by atoms with Crippen molar-refractivity contribution in [2.75, 3.05) is 18.4 Å². The van der Waals surface area contributed by atoms with E-state index in [4.69, 9.17) is 21.7 Å². The maximum absolute atomic E-state index is 14.0. The van der Waals surface area contributed by atoms with Gasteiger partial charge in [-0.05, 0) is 32.0 Å². The summed E-state index contributed by atoms with van der Waals surface area (Å²) < 4.78 is 60.5. The number of halogens is 4. The fraction of sp³-hybridized carbons (Fsp3) is 0.240. The number of thiazole rings is 1. The lowest BCUT2D eigenvalue weighted by molar-refractivity contribution is 0.316. The number of nitrogens with zero attached hydrogens (tertiary/aromatic N) is 3. The molecule has 5 rings (SSSR count). The fourth-order valence-corrected chi connectivity index (χ4v) is 5.52. The zero-order valence-corrected chi connectivity index (χ0v) is 20.7. The highest BCUT2D eigenvalue weighted by Crippen LogP contribution is 2.38. The number of hydrogen-bond acceptors (Lipinski definition) is 5. The number of anilines is 1. The second-order valence-electron chi connectivity index (χ2n) is 8.43. The van der Waals surface area contributed by atoms with Gasteiger partial charge in [-0.2, -0.15) is 0 Å². The number of rotatable bonds is 4. The summed E-state index contributed by atoms with van der Waals surface area (Å²) in [6, 6.07) is 9.92. The van der Waals surface area contributed by atoms with Crippen LogP contribution in [0.4, 0.5) is 23.2 Å². The molecule has 186 valence electrons. The average Bonchev–Trinajstić information content (AvgIpc) is 3.52. The van der Waals surface area contributed by atoms with Gasteiger partial charge in [-0.1, -0.05) is 35.5 Å². The molecule has 2 aromatic heterocycles. The Morgan fingerprint density at radius 1 is 1.08 bits per heavy atom. The van der Waals surface area contributed by atoms with Gasteiger partial charge in [0.1, 0.15) is 17.1 Å². The van der Waals surface area contributed by atoms with Gasteiger partial charge in [-0.3, -0.25) is 0 Å². The van der Waals surface area contributed by atoms with E-state index in [9.17, 15) is 17.6 Å². The molecular weight excluding hydrogens is 512 g/mol. The van der Waals surface area contributed by atoms with Crippen molar-refractivity contribution < 1.29 is 22.1 Å². The number of piperidine rings is 1. The van der Waals surface area contributed by atoms with Gasteiger partial charge in [0, 0.05) is 36.0 Å². The van der Waals surface area contributed by atoms with Gasteiger partial charge in [0.2, 0.25) is 0 Å². The molecule has 3 heterocycles. The Hall–Kier alpha value is -3.31. The van der Waals surface area contributed by atoms with Gasteiger partial charge >= 0.3 is 0 Å². The second-order valence-corrected chi connectivity index (χ2v) is 9.71. The van der Waals surface area contributed by atoms with E-state index in [1.54, 1.807) is 16.2 Å². The van der Waals surface area contributed by atoms with Crippen LogP contribution < -0.4 is 5.32 Å². The Morgan fingerprint density at radius 3 is 2.42 bits per heavy atom. The van der Waals surface area contributed by atoms with Crippen LogP contribution in [0.25, 0.3) is 22.5 Å². The number of aromatic nitrogens is 2. The zero-order chi connectivity index (χ0) is 25.4. The van der Waals surface area contributed by atoms with Crippen LogP contribution in [0.2, 0.25) is 0 Å². The zero-order valence-electron chi connectivity index (χ0n) is 19.0. The molecule has 2 aromatic carbocycles. The van der Waals surface area contributed by atoms with Gasteiger partial charge in [0.05, 0.1) is 16.3 Å². The molecule has 1 fully saturated rings. The number of thiocarbonyl (C=S) groups is 1. The molecule has 4 aromatic rings. The Balaban J connectivity index is 1.27. The minimum Gasteiger partial charge on any atom is -0.360 e. The minimum absolute atomic E-state index is 0.00340. The SMILES string of the molecule is Cc1onc(-c2ccccc2)c1-c1csc(C2CCN(C(=S)Nc3c(F)c(F)cc(F)c3F)CC2)n1. The standard InChI is InChI=1S/C25H20F4N4OS2/c1-13-19(22(32-34-13)14-5-3-2-4-6-14)18-12-36-24(30-18)15-7-9-33(10-8-15)25(35)31-23-20(28)16(26)11-17(27)21(23)29/h2-6,11-12,15H,7-10H2,1H3,(H,31,35). The Kier molecular flexibility index (Phi) is 6.76. The lowest BCUT2D eigenvalue weighted by Crippen LogP contribution is -2.40.